The maximum Gasteiger partial charge on any atom is 0.262 e. The first-order valence-electron chi connectivity index (χ1n) is 21.6. The number of hydrogen-bond donors (Lipinski definition) is 0. The monoisotopic (exact) mass is 766 g/mol. The van der Waals surface area contributed by atoms with Gasteiger partial charge in [-0.15, -0.1) is 0 Å². The Hall–Kier alpha value is -5.88. The molecule has 9 aromatic rings. The molecule has 2 heterocycles. The normalized spacial score (nSPS) is 12.2. The molecule has 0 unspecified atom stereocenters. The zero-order valence-electron chi connectivity index (χ0n) is 33.7. The van der Waals surface area contributed by atoms with Gasteiger partial charge in [-0.25, -0.2) is 0 Å². The van der Waals surface area contributed by atoms with E-state index in [0.717, 1.165) is 130 Å². The molecule has 0 aliphatic rings. The first-order valence-corrected chi connectivity index (χ1v) is 21.6. The van der Waals surface area contributed by atoms with Gasteiger partial charge < -0.3 is 0 Å². The summed E-state index contributed by atoms with van der Waals surface area (Å²) < 4.78 is 2.95. The van der Waals surface area contributed by atoms with Crippen LogP contribution in [-0.2, 0) is 13.1 Å². The van der Waals surface area contributed by atoms with Gasteiger partial charge in [0, 0.05) is 35.0 Å². The van der Waals surface area contributed by atoms with Gasteiger partial charge in [-0.2, -0.15) is 0 Å². The average molecular weight is 767 g/mol. The molecule has 0 saturated carbocycles. The van der Waals surface area contributed by atoms with Crippen molar-refractivity contribution in [3.8, 4) is 22.3 Å². The van der Waals surface area contributed by atoms with Gasteiger partial charge in [0.25, 0.3) is 22.2 Å². The van der Waals surface area contributed by atoms with E-state index in [0.29, 0.717) is 34.6 Å². The molecule has 0 N–H and O–H groups in total. The molecule has 0 aliphatic carbocycles. The molecule has 0 amide bonds. The van der Waals surface area contributed by atoms with Crippen LogP contribution < -0.4 is 22.2 Å². The van der Waals surface area contributed by atoms with E-state index in [1.165, 1.54) is 22.0 Å². The molecule has 0 spiro atoms. The van der Waals surface area contributed by atoms with Crippen LogP contribution in [0.3, 0.4) is 0 Å². The Morgan fingerprint density at radius 3 is 1.05 bits per heavy atom. The van der Waals surface area contributed by atoms with Gasteiger partial charge in [0.2, 0.25) is 0 Å². The van der Waals surface area contributed by atoms with Crippen LogP contribution in [0.15, 0.2) is 116 Å². The summed E-state index contributed by atoms with van der Waals surface area (Å²) in [5.41, 5.74) is 2.15. The molecule has 0 aliphatic heterocycles. The summed E-state index contributed by atoms with van der Waals surface area (Å²) in [5.74, 6) is 0. The molecule has 292 valence electrons. The third-order valence-electron chi connectivity index (χ3n) is 12.6. The van der Waals surface area contributed by atoms with E-state index in [1.807, 2.05) is 84.9 Å². The number of rotatable bonds is 16. The topological polar surface area (TPSA) is 78.1 Å². The minimum absolute atomic E-state index is 0.251. The lowest BCUT2D eigenvalue weighted by molar-refractivity contribution is 0.547. The van der Waals surface area contributed by atoms with Crippen LogP contribution in [0, 0.1) is 0 Å². The lowest BCUT2D eigenvalue weighted by Gasteiger charge is -2.20. The predicted molar refractivity (Wildman–Crippen MR) is 244 cm³/mol. The zero-order valence-corrected chi connectivity index (χ0v) is 33.7. The van der Waals surface area contributed by atoms with Crippen molar-refractivity contribution >= 4 is 64.6 Å². The number of aromatic nitrogens is 2. The molecule has 6 heteroatoms. The van der Waals surface area contributed by atoms with Gasteiger partial charge in [-0.1, -0.05) is 175 Å². The number of unbranched alkanes of at least 4 members (excludes halogenated alkanes) is 10. The second-order valence-corrected chi connectivity index (χ2v) is 16.2. The molecule has 6 nitrogen and oxygen atoms in total. The summed E-state index contributed by atoms with van der Waals surface area (Å²) in [6, 6.07) is 31.9. The first-order chi connectivity index (χ1) is 28.5. The van der Waals surface area contributed by atoms with Crippen LogP contribution in [0.4, 0.5) is 0 Å². The molecule has 9 rings (SSSR count). The summed E-state index contributed by atoms with van der Waals surface area (Å²) in [6.07, 6.45) is 12.6. The maximum absolute atomic E-state index is 14.9. The highest BCUT2D eigenvalue weighted by atomic mass is 16.2. The van der Waals surface area contributed by atoms with Crippen molar-refractivity contribution in [2.75, 3.05) is 0 Å². The van der Waals surface area contributed by atoms with E-state index in [-0.39, 0.29) is 22.2 Å². The molecular weight excluding hydrogens is 717 g/mol. The molecule has 0 saturated heterocycles. The highest BCUT2D eigenvalue weighted by Crippen LogP contribution is 2.50. The average Bonchev–Trinajstić information content (AvgIpc) is 3.65. The molecule has 0 radical (unpaired) electrons. The summed E-state index contributed by atoms with van der Waals surface area (Å²) in [5, 5.41) is 8.24. The summed E-state index contributed by atoms with van der Waals surface area (Å²) in [4.78, 5) is 59.4. The van der Waals surface area contributed by atoms with Gasteiger partial charge in [-0.3, -0.25) is 28.3 Å². The molecule has 58 heavy (non-hydrogen) atoms. The van der Waals surface area contributed by atoms with Gasteiger partial charge >= 0.3 is 0 Å². The Balaban J connectivity index is 1.43. The third kappa shape index (κ3) is 5.99. The van der Waals surface area contributed by atoms with Crippen LogP contribution in [0.2, 0.25) is 0 Å². The Labute approximate surface area is 337 Å². The Morgan fingerprint density at radius 1 is 0.328 bits per heavy atom. The van der Waals surface area contributed by atoms with Crippen molar-refractivity contribution < 1.29 is 0 Å². The van der Waals surface area contributed by atoms with Crippen LogP contribution in [0.1, 0.15) is 90.9 Å². The Bertz CT molecular complexity index is 2950. The van der Waals surface area contributed by atoms with Gasteiger partial charge in [0.15, 0.2) is 0 Å². The standard InChI is InChI=1S/C52H50N2O4/c1-3-5-7-9-11-21-31-53-49(55)45-39(33-23-15-13-16-24-33)37-29-30-38-40(34-25-17-14-18-26-34)46-48(52(58)54(50(46)56)32-22-12-10-8-6-4-2)42-36-28-20-19-27-35(36)41(43(37)44(38)42)47(45)51(53)57/h13-20,23-30H,3-12,21-22,31-32H2,1-2H3. The Kier molecular flexibility index (Phi) is 10.3. The Morgan fingerprint density at radius 2 is 0.655 bits per heavy atom. The first kappa shape index (κ1) is 37.7. The molecule has 2 aromatic heterocycles. The summed E-state index contributed by atoms with van der Waals surface area (Å²) in [7, 11) is 0. The van der Waals surface area contributed by atoms with Crippen LogP contribution in [0.25, 0.3) is 86.9 Å². The second kappa shape index (κ2) is 15.8. The number of fused-ring (bicyclic) bond motifs is 7. The zero-order chi connectivity index (χ0) is 39.9. The smallest absolute Gasteiger partial charge is 0.262 e. The van der Waals surface area contributed by atoms with Crippen molar-refractivity contribution in [1.82, 2.24) is 9.13 Å². The fourth-order valence-electron chi connectivity index (χ4n) is 9.91. The van der Waals surface area contributed by atoms with Crippen LogP contribution >= 0.6 is 0 Å². The van der Waals surface area contributed by atoms with E-state index >= 15 is 0 Å². The van der Waals surface area contributed by atoms with Crippen LogP contribution in [0.5, 0.6) is 0 Å². The SMILES string of the molecule is CCCCCCCCn1c(=O)c2c(-c3ccccc3)c3ccc4c(-c5ccccc5)c5c(=O)n(CCCCCCCC)c(=O)c5c5c6ccccc6c(c2c1=O)c3c45. The van der Waals surface area contributed by atoms with E-state index in [2.05, 4.69) is 26.0 Å². The van der Waals surface area contributed by atoms with Crippen molar-refractivity contribution in [2.24, 2.45) is 0 Å². The van der Waals surface area contributed by atoms with Crippen molar-refractivity contribution in [1.29, 1.82) is 0 Å². The summed E-state index contributed by atoms with van der Waals surface area (Å²) >= 11 is 0. The molecule has 7 aromatic carbocycles. The van der Waals surface area contributed by atoms with Gasteiger partial charge in [0.05, 0.1) is 21.5 Å². The van der Waals surface area contributed by atoms with Gasteiger partial charge in [-0.05, 0) is 56.3 Å². The maximum atomic E-state index is 14.9. The largest absolute Gasteiger partial charge is 0.274 e. The van der Waals surface area contributed by atoms with Crippen LogP contribution in [-0.4, -0.2) is 9.13 Å². The van der Waals surface area contributed by atoms with Crippen molar-refractivity contribution in [3.63, 3.8) is 0 Å². The molecule has 0 atom stereocenters. The van der Waals surface area contributed by atoms with Crippen molar-refractivity contribution in [3.05, 3.63) is 138 Å². The highest BCUT2D eigenvalue weighted by molar-refractivity contribution is 6.45. The minimum Gasteiger partial charge on any atom is -0.274 e. The lowest BCUT2D eigenvalue weighted by atomic mass is 9.81. The lowest BCUT2D eigenvalue weighted by Crippen LogP contribution is -2.25. The quantitative estimate of drug-likeness (QED) is 0.0557. The minimum atomic E-state index is -0.265. The number of hydrogen-bond acceptors (Lipinski definition) is 4. The molecule has 0 fully saturated rings. The van der Waals surface area contributed by atoms with E-state index in [1.54, 1.807) is 0 Å². The number of nitrogens with zero attached hydrogens (tertiary/aromatic N) is 2. The van der Waals surface area contributed by atoms with E-state index < -0.39 is 0 Å². The second-order valence-electron chi connectivity index (χ2n) is 16.2. The highest BCUT2D eigenvalue weighted by Gasteiger charge is 2.30. The van der Waals surface area contributed by atoms with Crippen molar-refractivity contribution in [2.45, 2.75) is 104 Å². The molecule has 0 bridgehead atoms. The van der Waals surface area contributed by atoms with E-state index in [9.17, 15) is 19.2 Å². The fourth-order valence-corrected chi connectivity index (χ4v) is 9.91. The van der Waals surface area contributed by atoms with Gasteiger partial charge in [0.1, 0.15) is 0 Å². The van der Waals surface area contributed by atoms with E-state index in [4.69, 9.17) is 0 Å². The number of benzene rings is 7. The fraction of sp³-hybridized carbons (Fsp3) is 0.308. The predicted octanol–water partition coefficient (Wildman–Crippen LogP) is 12.0. The molecular formula is C52H50N2O4. The summed E-state index contributed by atoms with van der Waals surface area (Å²) in [6.45, 7) is 5.13. The third-order valence-corrected chi connectivity index (χ3v) is 12.6.